The second kappa shape index (κ2) is 6.86. The average Bonchev–Trinajstić information content (AvgIpc) is 3.05. The van der Waals surface area contributed by atoms with Gasteiger partial charge in [-0.1, -0.05) is 12.1 Å². The van der Waals surface area contributed by atoms with Gasteiger partial charge >= 0.3 is 12.4 Å². The quantitative estimate of drug-likeness (QED) is 0.350. The molecule has 0 radical (unpaired) electrons. The van der Waals surface area contributed by atoms with E-state index >= 15 is 0 Å². The van der Waals surface area contributed by atoms with Gasteiger partial charge in [-0.2, -0.15) is 31.4 Å². The Morgan fingerprint density at radius 1 is 0.767 bits per heavy atom. The van der Waals surface area contributed by atoms with E-state index in [4.69, 9.17) is 0 Å². The van der Waals surface area contributed by atoms with Gasteiger partial charge in [0.05, 0.1) is 16.6 Å². The third kappa shape index (κ3) is 3.62. The van der Waals surface area contributed by atoms with E-state index in [1.54, 1.807) is 25.3 Å². The highest BCUT2D eigenvalue weighted by Crippen LogP contribution is 2.38. The second-order valence-corrected chi connectivity index (χ2v) is 6.73. The SMILES string of the molecule is Cc1cc(-c2c(-c3ccc(C(F)(F)F)cc3)nn3cc(C(F)(F)F)ccc23)ccn1. The lowest BCUT2D eigenvalue weighted by atomic mass is 9.99. The zero-order valence-corrected chi connectivity index (χ0v) is 15.4. The molecule has 0 N–H and O–H groups in total. The number of pyridine rings is 2. The Bertz CT molecular complexity index is 1220. The highest BCUT2D eigenvalue weighted by atomic mass is 19.4. The fourth-order valence-corrected chi connectivity index (χ4v) is 3.22. The van der Waals surface area contributed by atoms with Gasteiger partial charge in [0, 0.05) is 29.2 Å². The lowest BCUT2D eigenvalue weighted by Gasteiger charge is -2.08. The van der Waals surface area contributed by atoms with Crippen molar-refractivity contribution in [3.63, 3.8) is 0 Å². The van der Waals surface area contributed by atoms with Crippen LogP contribution < -0.4 is 0 Å². The maximum absolute atomic E-state index is 13.1. The molecule has 1 aromatic carbocycles. The van der Waals surface area contributed by atoms with Crippen molar-refractivity contribution in [2.45, 2.75) is 19.3 Å². The van der Waals surface area contributed by atoms with Crippen molar-refractivity contribution in [3.05, 3.63) is 77.7 Å². The Labute approximate surface area is 166 Å². The molecule has 0 unspecified atom stereocenters. The Hall–Kier alpha value is -3.36. The smallest absolute Gasteiger partial charge is 0.262 e. The van der Waals surface area contributed by atoms with Crippen LogP contribution in [0.1, 0.15) is 16.8 Å². The van der Waals surface area contributed by atoms with Gasteiger partial charge in [-0.3, -0.25) is 4.98 Å². The molecular weight excluding hydrogens is 408 g/mol. The number of aryl methyl sites for hydroxylation is 1. The molecule has 4 aromatic rings. The second-order valence-electron chi connectivity index (χ2n) is 6.73. The molecule has 0 saturated carbocycles. The number of benzene rings is 1. The summed E-state index contributed by atoms with van der Waals surface area (Å²) in [4.78, 5) is 4.12. The number of alkyl halides is 6. The van der Waals surface area contributed by atoms with E-state index in [-0.39, 0.29) is 5.69 Å². The molecule has 0 fully saturated rings. The van der Waals surface area contributed by atoms with Gasteiger partial charge in [-0.15, -0.1) is 0 Å². The summed E-state index contributed by atoms with van der Waals surface area (Å²) in [6.45, 7) is 1.76. The van der Waals surface area contributed by atoms with E-state index < -0.39 is 23.5 Å². The van der Waals surface area contributed by atoms with E-state index in [2.05, 4.69) is 10.1 Å². The molecule has 0 aliphatic rings. The van der Waals surface area contributed by atoms with Crippen LogP contribution in [-0.2, 0) is 12.4 Å². The Morgan fingerprint density at radius 3 is 2.00 bits per heavy atom. The lowest BCUT2D eigenvalue weighted by molar-refractivity contribution is -0.138. The number of hydrogen-bond acceptors (Lipinski definition) is 2. The summed E-state index contributed by atoms with van der Waals surface area (Å²) in [6, 6.07) is 10.0. The van der Waals surface area contributed by atoms with Gasteiger partial charge in [-0.05, 0) is 48.9 Å². The van der Waals surface area contributed by atoms with Gasteiger partial charge in [-0.25, -0.2) is 4.52 Å². The van der Waals surface area contributed by atoms with Crippen LogP contribution in [0.2, 0.25) is 0 Å². The van der Waals surface area contributed by atoms with Crippen LogP contribution in [0.3, 0.4) is 0 Å². The fraction of sp³-hybridized carbons (Fsp3) is 0.143. The summed E-state index contributed by atoms with van der Waals surface area (Å²) in [5, 5.41) is 4.27. The van der Waals surface area contributed by atoms with E-state index in [1.807, 2.05) is 0 Å². The zero-order valence-electron chi connectivity index (χ0n) is 15.4. The summed E-state index contributed by atoms with van der Waals surface area (Å²) >= 11 is 0. The van der Waals surface area contributed by atoms with Crippen molar-refractivity contribution in [2.24, 2.45) is 0 Å². The molecule has 0 atom stereocenters. The molecule has 3 nitrogen and oxygen atoms in total. The molecule has 0 aliphatic carbocycles. The number of aromatic nitrogens is 3. The number of nitrogens with zero attached hydrogens (tertiary/aromatic N) is 3. The van der Waals surface area contributed by atoms with Crippen molar-refractivity contribution in [2.75, 3.05) is 0 Å². The number of fused-ring (bicyclic) bond motifs is 1. The number of rotatable bonds is 2. The van der Waals surface area contributed by atoms with Gasteiger partial charge < -0.3 is 0 Å². The molecule has 154 valence electrons. The lowest BCUT2D eigenvalue weighted by Crippen LogP contribution is -2.06. The Kier molecular flexibility index (Phi) is 4.56. The van der Waals surface area contributed by atoms with Gasteiger partial charge in [0.2, 0.25) is 0 Å². The largest absolute Gasteiger partial charge is 0.417 e. The van der Waals surface area contributed by atoms with Crippen LogP contribution in [0.4, 0.5) is 26.3 Å². The molecular formula is C21H13F6N3. The molecule has 3 aromatic heterocycles. The van der Waals surface area contributed by atoms with Gasteiger partial charge in [0.15, 0.2) is 0 Å². The van der Waals surface area contributed by atoms with E-state index in [9.17, 15) is 26.3 Å². The normalized spacial score (nSPS) is 12.5. The van der Waals surface area contributed by atoms with Crippen molar-refractivity contribution < 1.29 is 26.3 Å². The summed E-state index contributed by atoms with van der Waals surface area (Å²) in [7, 11) is 0. The van der Waals surface area contributed by atoms with Crippen molar-refractivity contribution in [1.82, 2.24) is 14.6 Å². The first-order valence-electron chi connectivity index (χ1n) is 8.74. The van der Waals surface area contributed by atoms with Crippen LogP contribution in [0.5, 0.6) is 0 Å². The van der Waals surface area contributed by atoms with E-state index in [0.717, 1.165) is 28.9 Å². The first kappa shape index (κ1) is 19.9. The minimum absolute atomic E-state index is 0.272. The molecule has 0 bridgehead atoms. The van der Waals surface area contributed by atoms with Crippen LogP contribution in [-0.4, -0.2) is 14.6 Å². The third-order valence-electron chi connectivity index (χ3n) is 4.63. The molecule has 0 spiro atoms. The first-order valence-corrected chi connectivity index (χ1v) is 8.74. The zero-order chi connectivity index (χ0) is 21.7. The monoisotopic (exact) mass is 421 g/mol. The number of hydrogen-bond donors (Lipinski definition) is 0. The van der Waals surface area contributed by atoms with Crippen LogP contribution >= 0.6 is 0 Å². The summed E-state index contributed by atoms with van der Waals surface area (Å²) in [5.74, 6) is 0. The standard InChI is InChI=1S/C21H13F6N3/c1-12-10-14(8-9-28-12)18-17-7-6-16(21(25,26)27)11-30(17)29-19(18)13-2-4-15(5-3-13)20(22,23)24/h2-11H,1H3. The molecule has 9 heteroatoms. The highest BCUT2D eigenvalue weighted by Gasteiger charge is 2.32. The molecule has 0 saturated heterocycles. The summed E-state index contributed by atoms with van der Waals surface area (Å²) in [5.41, 5.74) is 1.14. The topological polar surface area (TPSA) is 30.2 Å². The summed E-state index contributed by atoms with van der Waals surface area (Å²) in [6.07, 6.45) is -6.64. The predicted octanol–water partition coefficient (Wildman–Crippen LogP) is 6.41. The minimum Gasteiger partial charge on any atom is -0.262 e. The van der Waals surface area contributed by atoms with Crippen molar-refractivity contribution in [3.8, 4) is 22.4 Å². The minimum atomic E-state index is -4.55. The third-order valence-corrected chi connectivity index (χ3v) is 4.63. The van der Waals surface area contributed by atoms with Crippen LogP contribution in [0, 0.1) is 6.92 Å². The van der Waals surface area contributed by atoms with Crippen LogP contribution in [0.25, 0.3) is 27.9 Å². The molecule has 3 heterocycles. The Balaban J connectivity index is 1.96. The van der Waals surface area contributed by atoms with Crippen LogP contribution in [0.15, 0.2) is 60.9 Å². The first-order chi connectivity index (χ1) is 14.0. The van der Waals surface area contributed by atoms with Gasteiger partial charge in [0.25, 0.3) is 0 Å². The molecule has 0 aliphatic heterocycles. The predicted molar refractivity (Wildman–Crippen MR) is 98.6 cm³/mol. The van der Waals surface area contributed by atoms with Crippen molar-refractivity contribution in [1.29, 1.82) is 0 Å². The fourth-order valence-electron chi connectivity index (χ4n) is 3.22. The molecule has 30 heavy (non-hydrogen) atoms. The Morgan fingerprint density at radius 2 is 1.40 bits per heavy atom. The van der Waals surface area contributed by atoms with Gasteiger partial charge in [0.1, 0.15) is 5.69 Å². The maximum atomic E-state index is 13.1. The molecule has 0 amide bonds. The summed E-state index contributed by atoms with van der Waals surface area (Å²) < 4.78 is 79.2. The van der Waals surface area contributed by atoms with E-state index in [0.29, 0.717) is 27.9 Å². The van der Waals surface area contributed by atoms with E-state index in [1.165, 1.54) is 18.2 Å². The number of halogens is 6. The highest BCUT2D eigenvalue weighted by molar-refractivity contribution is 5.92. The molecule has 4 rings (SSSR count). The van der Waals surface area contributed by atoms with Crippen molar-refractivity contribution >= 4 is 5.52 Å². The maximum Gasteiger partial charge on any atom is 0.417 e. The average molecular weight is 421 g/mol.